The third-order valence-electron chi connectivity index (χ3n) is 7.59. The topological polar surface area (TPSA) is 0 Å². The molecule has 0 saturated heterocycles. The van der Waals surface area contributed by atoms with Crippen molar-refractivity contribution in [3.8, 4) is 0 Å². The van der Waals surface area contributed by atoms with Gasteiger partial charge >= 0.3 is 0 Å². The fraction of sp³-hybridized carbons (Fsp3) is 0.226. The highest BCUT2D eigenvalue weighted by Crippen LogP contribution is 2.62. The molecule has 6 rings (SSSR count). The molecule has 33 heavy (non-hydrogen) atoms. The summed E-state index contributed by atoms with van der Waals surface area (Å²) in [5.74, 6) is 0.678. The quantitative estimate of drug-likeness (QED) is 0.282. The van der Waals surface area contributed by atoms with E-state index in [0.717, 1.165) is 0 Å². The van der Waals surface area contributed by atoms with Crippen LogP contribution in [0.5, 0.6) is 0 Å². The molecule has 0 spiro atoms. The lowest BCUT2D eigenvalue weighted by Crippen LogP contribution is -2.30. The molecule has 4 aromatic rings. The minimum atomic E-state index is -0.0102. The van der Waals surface area contributed by atoms with Crippen molar-refractivity contribution >= 4 is 46.0 Å². The minimum absolute atomic E-state index is 0.0102. The van der Waals surface area contributed by atoms with Crippen LogP contribution < -0.4 is 0 Å². The van der Waals surface area contributed by atoms with Gasteiger partial charge in [0.25, 0.3) is 0 Å². The minimum Gasteiger partial charge on any atom is -0.144 e. The third-order valence-corrected chi connectivity index (χ3v) is 9.73. The van der Waals surface area contributed by atoms with E-state index in [1.54, 1.807) is 0 Å². The number of aryl methyl sites for hydroxylation is 2. The Morgan fingerprint density at radius 2 is 1.03 bits per heavy atom. The van der Waals surface area contributed by atoms with Crippen LogP contribution in [-0.2, 0) is 0 Å². The number of rotatable bonds is 4. The SMILES string of the molecule is Cc1ccsc1C1=Cc2ccccc2C1C(C)(C)C1C(c2sccc2C)=Cc2ccccc21. The first kappa shape index (κ1) is 20.9. The molecule has 164 valence electrons. The van der Waals surface area contributed by atoms with Crippen molar-refractivity contribution in [3.63, 3.8) is 0 Å². The summed E-state index contributed by atoms with van der Waals surface area (Å²) in [6.45, 7) is 9.51. The summed E-state index contributed by atoms with van der Waals surface area (Å²) < 4.78 is 0. The van der Waals surface area contributed by atoms with Gasteiger partial charge in [-0.1, -0.05) is 62.4 Å². The fourth-order valence-corrected chi connectivity index (χ4v) is 8.10. The smallest absolute Gasteiger partial charge is 0.0338 e. The molecule has 2 heteroatoms. The van der Waals surface area contributed by atoms with E-state index in [2.05, 4.69) is 111 Å². The van der Waals surface area contributed by atoms with E-state index in [0.29, 0.717) is 11.8 Å². The molecule has 0 fully saturated rings. The average Bonchev–Trinajstić information content (AvgIpc) is 3.57. The maximum absolute atomic E-state index is 2.50. The summed E-state index contributed by atoms with van der Waals surface area (Å²) in [5.41, 5.74) is 11.4. The second kappa shape index (κ2) is 7.68. The van der Waals surface area contributed by atoms with Gasteiger partial charge in [-0.25, -0.2) is 0 Å². The second-order valence-electron chi connectivity index (χ2n) is 10.0. The number of hydrogen-bond donors (Lipinski definition) is 0. The van der Waals surface area contributed by atoms with Gasteiger partial charge in [0.05, 0.1) is 0 Å². The summed E-state index contributed by atoms with van der Waals surface area (Å²) in [7, 11) is 0. The first-order chi connectivity index (χ1) is 16.0. The summed E-state index contributed by atoms with van der Waals surface area (Å²) in [6.07, 6.45) is 4.92. The fourth-order valence-electron chi connectivity index (χ4n) is 6.15. The molecule has 2 aromatic carbocycles. The predicted octanol–water partition coefficient (Wildman–Crippen LogP) is 9.43. The zero-order valence-electron chi connectivity index (χ0n) is 19.6. The largest absolute Gasteiger partial charge is 0.144 e. The molecule has 0 amide bonds. The Kier molecular flexibility index (Phi) is 4.87. The van der Waals surface area contributed by atoms with Crippen LogP contribution in [0.1, 0.15) is 68.8 Å². The Labute approximate surface area is 205 Å². The van der Waals surface area contributed by atoms with Crippen LogP contribution in [0.15, 0.2) is 71.4 Å². The van der Waals surface area contributed by atoms with Crippen LogP contribution in [-0.4, -0.2) is 0 Å². The van der Waals surface area contributed by atoms with Crippen LogP contribution in [0, 0.1) is 19.3 Å². The van der Waals surface area contributed by atoms with E-state index >= 15 is 0 Å². The van der Waals surface area contributed by atoms with E-state index in [1.807, 2.05) is 22.7 Å². The standard InChI is InChI=1S/C31H28S2/c1-19-13-15-32-29(19)25-17-21-9-5-7-11-23(21)27(25)31(3,4)28-24-12-8-6-10-22(24)18-26(28)30-20(2)14-16-33-30/h5-18,27-28H,1-4H3. The van der Waals surface area contributed by atoms with Gasteiger partial charge < -0.3 is 0 Å². The van der Waals surface area contributed by atoms with Crippen molar-refractivity contribution in [2.75, 3.05) is 0 Å². The predicted molar refractivity (Wildman–Crippen MR) is 146 cm³/mol. The van der Waals surface area contributed by atoms with Crippen molar-refractivity contribution in [1.82, 2.24) is 0 Å². The van der Waals surface area contributed by atoms with Gasteiger partial charge in [-0.15, -0.1) is 22.7 Å². The van der Waals surface area contributed by atoms with Crippen LogP contribution >= 0.6 is 22.7 Å². The Morgan fingerprint density at radius 1 is 0.606 bits per heavy atom. The molecule has 0 saturated carbocycles. The zero-order chi connectivity index (χ0) is 22.7. The first-order valence-corrected chi connectivity index (χ1v) is 13.4. The van der Waals surface area contributed by atoms with Gasteiger partial charge in [0.1, 0.15) is 0 Å². The highest BCUT2D eigenvalue weighted by atomic mass is 32.1. The summed E-state index contributed by atoms with van der Waals surface area (Å²) in [5, 5.41) is 4.48. The van der Waals surface area contributed by atoms with E-state index in [1.165, 1.54) is 54.3 Å². The lowest BCUT2D eigenvalue weighted by atomic mass is 9.62. The highest BCUT2D eigenvalue weighted by molar-refractivity contribution is 7.11. The number of thiophene rings is 2. The summed E-state index contributed by atoms with van der Waals surface area (Å²) >= 11 is 3.77. The van der Waals surface area contributed by atoms with Gasteiger partial charge in [0, 0.05) is 21.6 Å². The van der Waals surface area contributed by atoms with Crippen molar-refractivity contribution in [2.24, 2.45) is 5.41 Å². The van der Waals surface area contributed by atoms with Gasteiger partial charge in [-0.3, -0.25) is 0 Å². The molecule has 0 radical (unpaired) electrons. The summed E-state index contributed by atoms with van der Waals surface area (Å²) in [4.78, 5) is 2.88. The van der Waals surface area contributed by atoms with Crippen LogP contribution in [0.3, 0.4) is 0 Å². The molecule has 0 N–H and O–H groups in total. The van der Waals surface area contributed by atoms with Crippen LogP contribution in [0.2, 0.25) is 0 Å². The lowest BCUT2D eigenvalue weighted by Gasteiger charge is -2.41. The van der Waals surface area contributed by atoms with E-state index in [-0.39, 0.29) is 5.41 Å². The normalized spacial score (nSPS) is 19.3. The third kappa shape index (κ3) is 3.15. The molecule has 2 unspecified atom stereocenters. The van der Waals surface area contributed by atoms with Crippen molar-refractivity contribution < 1.29 is 0 Å². The number of allylic oxidation sites excluding steroid dienone is 2. The Balaban J connectivity index is 1.56. The van der Waals surface area contributed by atoms with E-state index < -0.39 is 0 Å². The molecular formula is C31H28S2. The van der Waals surface area contributed by atoms with Crippen molar-refractivity contribution in [1.29, 1.82) is 0 Å². The van der Waals surface area contributed by atoms with Gasteiger partial charge in [-0.05, 0) is 98.8 Å². The molecule has 0 nitrogen and oxygen atoms in total. The van der Waals surface area contributed by atoms with Crippen LogP contribution in [0.25, 0.3) is 23.3 Å². The molecule has 0 aliphatic heterocycles. The van der Waals surface area contributed by atoms with E-state index in [4.69, 9.17) is 0 Å². The molecular weight excluding hydrogens is 436 g/mol. The van der Waals surface area contributed by atoms with E-state index in [9.17, 15) is 0 Å². The molecule has 2 aliphatic carbocycles. The monoisotopic (exact) mass is 464 g/mol. The molecule has 2 aliphatic rings. The number of benzene rings is 2. The molecule has 2 heterocycles. The highest BCUT2D eigenvalue weighted by Gasteiger charge is 2.47. The zero-order valence-corrected chi connectivity index (χ0v) is 21.2. The Morgan fingerprint density at radius 3 is 1.42 bits per heavy atom. The van der Waals surface area contributed by atoms with Gasteiger partial charge in [0.15, 0.2) is 0 Å². The van der Waals surface area contributed by atoms with Crippen LogP contribution in [0.4, 0.5) is 0 Å². The van der Waals surface area contributed by atoms with Crippen molar-refractivity contribution in [2.45, 2.75) is 39.5 Å². The Bertz CT molecular complexity index is 1310. The first-order valence-electron chi connectivity index (χ1n) is 11.7. The van der Waals surface area contributed by atoms with Crippen molar-refractivity contribution in [3.05, 3.63) is 115 Å². The molecule has 2 atom stereocenters. The maximum atomic E-state index is 2.50. The van der Waals surface area contributed by atoms with Gasteiger partial charge in [-0.2, -0.15) is 0 Å². The second-order valence-corrected chi connectivity index (χ2v) is 11.8. The summed E-state index contributed by atoms with van der Waals surface area (Å²) in [6, 6.07) is 22.6. The number of hydrogen-bond acceptors (Lipinski definition) is 2. The van der Waals surface area contributed by atoms with Gasteiger partial charge in [0.2, 0.25) is 0 Å². The number of fused-ring (bicyclic) bond motifs is 2. The Hall–Kier alpha value is -2.68. The average molecular weight is 465 g/mol. The lowest BCUT2D eigenvalue weighted by molar-refractivity contribution is 0.304. The molecule has 0 bridgehead atoms. The maximum Gasteiger partial charge on any atom is 0.0338 e. The molecule has 2 aromatic heterocycles.